The standard InChI is InChI=1S/C14H20O2/c1-3-4-6-12-13(9(2)15)10-7-5-8-11(10)14(12)16/h10-11H,3-8H2,1-2H3. The van der Waals surface area contributed by atoms with E-state index in [2.05, 4.69) is 6.92 Å². The second kappa shape index (κ2) is 4.52. The normalized spacial score (nSPS) is 28.8. The molecule has 0 aromatic carbocycles. The molecule has 0 bridgehead atoms. The molecule has 0 saturated heterocycles. The van der Waals surface area contributed by atoms with Crippen LogP contribution in [0.15, 0.2) is 11.1 Å². The molecule has 1 fully saturated rings. The van der Waals surface area contributed by atoms with Crippen LogP contribution in [-0.4, -0.2) is 11.6 Å². The first kappa shape index (κ1) is 11.6. The number of hydrogen-bond acceptors (Lipinski definition) is 2. The van der Waals surface area contributed by atoms with Crippen molar-refractivity contribution in [1.29, 1.82) is 0 Å². The van der Waals surface area contributed by atoms with Crippen LogP contribution in [0.1, 0.15) is 52.4 Å². The van der Waals surface area contributed by atoms with Gasteiger partial charge < -0.3 is 0 Å². The van der Waals surface area contributed by atoms with Crippen LogP contribution < -0.4 is 0 Å². The third-order valence-corrected chi connectivity index (χ3v) is 4.01. The minimum absolute atomic E-state index is 0.133. The first-order valence-electron chi connectivity index (χ1n) is 6.45. The van der Waals surface area contributed by atoms with Crippen LogP contribution in [0.3, 0.4) is 0 Å². The van der Waals surface area contributed by atoms with Gasteiger partial charge in [-0.1, -0.05) is 19.8 Å². The maximum Gasteiger partial charge on any atom is 0.162 e. The minimum Gasteiger partial charge on any atom is -0.295 e. The molecule has 2 rings (SSSR count). The van der Waals surface area contributed by atoms with Gasteiger partial charge in [0.1, 0.15) is 0 Å². The van der Waals surface area contributed by atoms with Gasteiger partial charge in [-0.15, -0.1) is 0 Å². The van der Waals surface area contributed by atoms with Crippen LogP contribution in [0, 0.1) is 11.8 Å². The van der Waals surface area contributed by atoms with Gasteiger partial charge in [0.2, 0.25) is 0 Å². The van der Waals surface area contributed by atoms with Crippen molar-refractivity contribution < 1.29 is 9.59 Å². The molecule has 0 N–H and O–H groups in total. The second-order valence-electron chi connectivity index (χ2n) is 5.06. The number of rotatable bonds is 4. The number of hydrogen-bond donors (Lipinski definition) is 0. The van der Waals surface area contributed by atoms with Crippen molar-refractivity contribution in [3.63, 3.8) is 0 Å². The number of allylic oxidation sites excluding steroid dienone is 2. The van der Waals surface area contributed by atoms with Gasteiger partial charge in [-0.05, 0) is 38.5 Å². The summed E-state index contributed by atoms with van der Waals surface area (Å²) in [5, 5.41) is 0. The average molecular weight is 220 g/mol. The molecule has 2 atom stereocenters. The topological polar surface area (TPSA) is 34.1 Å². The van der Waals surface area contributed by atoms with Crippen molar-refractivity contribution in [3.05, 3.63) is 11.1 Å². The lowest BCUT2D eigenvalue weighted by molar-refractivity contribution is -0.118. The SMILES string of the molecule is CCCCC1=C(C(C)=O)C2CCCC2C1=O. The third-order valence-electron chi connectivity index (χ3n) is 4.01. The summed E-state index contributed by atoms with van der Waals surface area (Å²) in [5.41, 5.74) is 1.77. The molecule has 88 valence electrons. The maximum absolute atomic E-state index is 12.2. The Balaban J connectivity index is 2.29. The van der Waals surface area contributed by atoms with E-state index in [4.69, 9.17) is 0 Å². The monoisotopic (exact) mass is 220 g/mol. The van der Waals surface area contributed by atoms with Gasteiger partial charge in [0.05, 0.1) is 0 Å². The van der Waals surface area contributed by atoms with E-state index >= 15 is 0 Å². The molecule has 0 amide bonds. The fraction of sp³-hybridized carbons (Fsp3) is 0.714. The zero-order chi connectivity index (χ0) is 11.7. The minimum atomic E-state index is 0.133. The Bertz CT molecular complexity index is 352. The first-order valence-corrected chi connectivity index (χ1v) is 6.45. The van der Waals surface area contributed by atoms with Crippen molar-refractivity contribution in [2.45, 2.75) is 52.4 Å². The number of fused-ring (bicyclic) bond motifs is 1. The van der Waals surface area contributed by atoms with Crippen LogP contribution in [-0.2, 0) is 9.59 Å². The van der Waals surface area contributed by atoms with Crippen LogP contribution in [0.25, 0.3) is 0 Å². The average Bonchev–Trinajstić information content (AvgIpc) is 2.78. The van der Waals surface area contributed by atoms with E-state index in [0.717, 1.165) is 49.7 Å². The van der Waals surface area contributed by atoms with E-state index < -0.39 is 0 Å². The summed E-state index contributed by atoms with van der Waals surface area (Å²) in [5.74, 6) is 0.859. The molecule has 0 heterocycles. The molecule has 16 heavy (non-hydrogen) atoms. The van der Waals surface area contributed by atoms with Gasteiger partial charge in [0, 0.05) is 17.1 Å². The molecular weight excluding hydrogens is 200 g/mol. The van der Waals surface area contributed by atoms with Gasteiger partial charge in [-0.3, -0.25) is 9.59 Å². The lowest BCUT2D eigenvalue weighted by Crippen LogP contribution is -2.12. The molecule has 2 nitrogen and oxygen atoms in total. The number of Topliss-reactive ketones (excluding diaryl/α,β-unsaturated/α-hetero) is 2. The van der Waals surface area contributed by atoms with Crippen molar-refractivity contribution in [2.24, 2.45) is 11.8 Å². The molecule has 0 aromatic rings. The Labute approximate surface area is 97.1 Å². The Morgan fingerprint density at radius 3 is 2.62 bits per heavy atom. The Kier molecular flexibility index (Phi) is 3.27. The molecular formula is C14H20O2. The molecule has 0 aliphatic heterocycles. The van der Waals surface area contributed by atoms with Gasteiger partial charge in [0.15, 0.2) is 11.6 Å². The summed E-state index contributed by atoms with van der Waals surface area (Å²) < 4.78 is 0. The van der Waals surface area contributed by atoms with E-state index in [1.165, 1.54) is 0 Å². The molecule has 1 saturated carbocycles. The third kappa shape index (κ3) is 1.74. The summed E-state index contributed by atoms with van der Waals surface area (Å²) in [4.78, 5) is 23.9. The summed E-state index contributed by atoms with van der Waals surface area (Å²) in [6, 6.07) is 0. The highest BCUT2D eigenvalue weighted by molar-refractivity contribution is 6.11. The fourth-order valence-electron chi connectivity index (χ4n) is 3.28. The quantitative estimate of drug-likeness (QED) is 0.729. The maximum atomic E-state index is 12.2. The van der Waals surface area contributed by atoms with Crippen LogP contribution in [0.5, 0.6) is 0 Å². The summed E-state index contributed by atoms with van der Waals surface area (Å²) in [6.45, 7) is 3.74. The fourth-order valence-corrected chi connectivity index (χ4v) is 3.28. The zero-order valence-corrected chi connectivity index (χ0v) is 10.2. The number of unbranched alkanes of at least 4 members (excludes halogenated alkanes) is 1. The Morgan fingerprint density at radius 1 is 1.31 bits per heavy atom. The van der Waals surface area contributed by atoms with Gasteiger partial charge in [-0.25, -0.2) is 0 Å². The van der Waals surface area contributed by atoms with E-state index in [1.54, 1.807) is 6.92 Å². The largest absolute Gasteiger partial charge is 0.295 e. The molecule has 2 aliphatic rings. The lowest BCUT2D eigenvalue weighted by Gasteiger charge is -2.09. The van der Waals surface area contributed by atoms with Crippen molar-refractivity contribution >= 4 is 11.6 Å². The van der Waals surface area contributed by atoms with Crippen LogP contribution in [0.2, 0.25) is 0 Å². The molecule has 0 radical (unpaired) electrons. The van der Waals surface area contributed by atoms with E-state index in [9.17, 15) is 9.59 Å². The van der Waals surface area contributed by atoms with Crippen molar-refractivity contribution in [1.82, 2.24) is 0 Å². The highest BCUT2D eigenvalue weighted by Gasteiger charge is 2.44. The van der Waals surface area contributed by atoms with Crippen LogP contribution in [0.4, 0.5) is 0 Å². The van der Waals surface area contributed by atoms with E-state index in [-0.39, 0.29) is 17.6 Å². The highest BCUT2D eigenvalue weighted by Crippen LogP contribution is 2.46. The molecule has 2 unspecified atom stereocenters. The Hall–Kier alpha value is -0.920. The molecule has 2 heteroatoms. The summed E-state index contributed by atoms with van der Waals surface area (Å²) >= 11 is 0. The first-order chi connectivity index (χ1) is 7.66. The highest BCUT2D eigenvalue weighted by atomic mass is 16.1. The summed E-state index contributed by atoms with van der Waals surface area (Å²) in [6.07, 6.45) is 6.07. The molecule has 2 aliphatic carbocycles. The predicted octanol–water partition coefficient (Wildman–Crippen LogP) is 3.06. The lowest BCUT2D eigenvalue weighted by atomic mass is 9.92. The number of carbonyl (C=O) groups excluding carboxylic acids is 2. The van der Waals surface area contributed by atoms with Crippen molar-refractivity contribution in [3.8, 4) is 0 Å². The second-order valence-corrected chi connectivity index (χ2v) is 5.06. The number of carbonyl (C=O) groups is 2. The summed E-state index contributed by atoms with van der Waals surface area (Å²) in [7, 11) is 0. The van der Waals surface area contributed by atoms with Gasteiger partial charge in [0.25, 0.3) is 0 Å². The predicted molar refractivity (Wildman–Crippen MR) is 63.1 cm³/mol. The smallest absolute Gasteiger partial charge is 0.162 e. The zero-order valence-electron chi connectivity index (χ0n) is 10.2. The van der Waals surface area contributed by atoms with Gasteiger partial charge >= 0.3 is 0 Å². The van der Waals surface area contributed by atoms with E-state index in [1.807, 2.05) is 0 Å². The molecule has 0 aromatic heterocycles. The number of ketones is 2. The van der Waals surface area contributed by atoms with Crippen molar-refractivity contribution in [2.75, 3.05) is 0 Å². The Morgan fingerprint density at radius 2 is 2.00 bits per heavy atom. The molecule has 0 spiro atoms. The van der Waals surface area contributed by atoms with E-state index in [0.29, 0.717) is 5.78 Å². The van der Waals surface area contributed by atoms with Gasteiger partial charge in [-0.2, -0.15) is 0 Å². The van der Waals surface area contributed by atoms with Crippen LogP contribution >= 0.6 is 0 Å².